The Morgan fingerprint density at radius 1 is 1.15 bits per heavy atom. The molecule has 20 heavy (non-hydrogen) atoms. The quantitative estimate of drug-likeness (QED) is 0.890. The third-order valence-electron chi connectivity index (χ3n) is 4.32. The Balaban J connectivity index is 1.79. The van der Waals surface area contributed by atoms with Crippen LogP contribution in [0, 0.1) is 0 Å². The van der Waals surface area contributed by atoms with E-state index >= 15 is 0 Å². The lowest BCUT2D eigenvalue weighted by Gasteiger charge is -2.32. The van der Waals surface area contributed by atoms with E-state index < -0.39 is 0 Å². The molecule has 0 amide bonds. The summed E-state index contributed by atoms with van der Waals surface area (Å²) >= 11 is 3.63. The lowest BCUT2D eigenvalue weighted by molar-refractivity contribution is 0.195. The number of benzene rings is 2. The molecule has 0 spiro atoms. The average molecular weight is 333 g/mol. The van der Waals surface area contributed by atoms with E-state index in [4.69, 9.17) is 0 Å². The molecule has 0 aliphatic carbocycles. The standard InChI is InChI=1S/C17H21BrN2/c1-20-11-5-4-6-13(20)12-19-17-10-9-16(18)14-7-2-3-8-15(14)17/h2-3,7-10,13,19H,4-6,11-12H2,1H3. The molecule has 1 fully saturated rings. The first-order chi connectivity index (χ1) is 9.75. The first-order valence-electron chi connectivity index (χ1n) is 7.37. The van der Waals surface area contributed by atoms with Crippen LogP contribution in [-0.2, 0) is 0 Å². The number of hydrogen-bond acceptors (Lipinski definition) is 2. The molecule has 1 unspecified atom stereocenters. The topological polar surface area (TPSA) is 15.3 Å². The second-order valence-electron chi connectivity index (χ2n) is 5.65. The number of hydrogen-bond donors (Lipinski definition) is 1. The summed E-state index contributed by atoms with van der Waals surface area (Å²) in [6.45, 7) is 2.26. The number of piperidine rings is 1. The van der Waals surface area contributed by atoms with Gasteiger partial charge in [0.1, 0.15) is 0 Å². The minimum Gasteiger partial charge on any atom is -0.383 e. The first kappa shape index (κ1) is 13.9. The van der Waals surface area contributed by atoms with Gasteiger partial charge in [0.05, 0.1) is 0 Å². The number of halogens is 1. The maximum atomic E-state index is 3.65. The summed E-state index contributed by atoms with van der Waals surface area (Å²) in [7, 11) is 2.24. The molecule has 106 valence electrons. The molecule has 3 rings (SSSR count). The van der Waals surface area contributed by atoms with E-state index in [2.05, 4.69) is 69.6 Å². The SMILES string of the molecule is CN1CCCCC1CNc1ccc(Br)c2ccccc12. The minimum atomic E-state index is 0.658. The largest absolute Gasteiger partial charge is 0.383 e. The molecule has 1 heterocycles. The molecule has 0 bridgehead atoms. The van der Waals surface area contributed by atoms with E-state index in [0.29, 0.717) is 6.04 Å². The van der Waals surface area contributed by atoms with Gasteiger partial charge in [0.15, 0.2) is 0 Å². The van der Waals surface area contributed by atoms with Gasteiger partial charge in [-0.15, -0.1) is 0 Å². The second-order valence-corrected chi connectivity index (χ2v) is 6.51. The van der Waals surface area contributed by atoms with E-state index in [0.717, 1.165) is 11.0 Å². The summed E-state index contributed by atoms with van der Waals surface area (Å²) in [4.78, 5) is 2.48. The lowest BCUT2D eigenvalue weighted by atomic mass is 10.0. The van der Waals surface area contributed by atoms with Crippen LogP contribution in [0.3, 0.4) is 0 Å². The number of anilines is 1. The fourth-order valence-corrected chi connectivity index (χ4v) is 3.52. The van der Waals surface area contributed by atoms with Crippen LogP contribution in [0.1, 0.15) is 19.3 Å². The normalized spacial score (nSPS) is 20.2. The molecule has 3 heteroatoms. The van der Waals surface area contributed by atoms with Gasteiger partial charge in [0.25, 0.3) is 0 Å². The number of nitrogens with zero attached hydrogens (tertiary/aromatic N) is 1. The monoisotopic (exact) mass is 332 g/mol. The van der Waals surface area contributed by atoms with Crippen molar-refractivity contribution in [1.29, 1.82) is 0 Å². The van der Waals surface area contributed by atoms with Crippen LogP contribution < -0.4 is 5.32 Å². The van der Waals surface area contributed by atoms with E-state index in [1.165, 1.54) is 42.3 Å². The average Bonchev–Trinajstić information content (AvgIpc) is 2.48. The highest BCUT2D eigenvalue weighted by molar-refractivity contribution is 9.10. The van der Waals surface area contributed by atoms with Gasteiger partial charge in [-0.25, -0.2) is 0 Å². The van der Waals surface area contributed by atoms with Gasteiger partial charge in [-0.3, -0.25) is 0 Å². The highest BCUT2D eigenvalue weighted by Gasteiger charge is 2.18. The van der Waals surface area contributed by atoms with Crippen molar-refractivity contribution in [2.45, 2.75) is 25.3 Å². The van der Waals surface area contributed by atoms with Gasteiger partial charge >= 0.3 is 0 Å². The van der Waals surface area contributed by atoms with E-state index in [-0.39, 0.29) is 0 Å². The van der Waals surface area contributed by atoms with Crippen molar-refractivity contribution in [3.8, 4) is 0 Å². The maximum absolute atomic E-state index is 3.65. The van der Waals surface area contributed by atoms with Gasteiger partial charge < -0.3 is 10.2 Å². The van der Waals surface area contributed by atoms with Crippen LogP contribution in [0.15, 0.2) is 40.9 Å². The minimum absolute atomic E-state index is 0.658. The number of likely N-dealkylation sites (N-methyl/N-ethyl adjacent to an activating group) is 1. The predicted octanol–water partition coefficient (Wildman–Crippen LogP) is 4.50. The van der Waals surface area contributed by atoms with Gasteiger partial charge in [-0.05, 0) is 44.0 Å². The van der Waals surface area contributed by atoms with Crippen molar-refractivity contribution >= 4 is 32.4 Å². The Kier molecular flexibility index (Phi) is 4.27. The molecule has 1 aliphatic rings. The zero-order valence-corrected chi connectivity index (χ0v) is 13.5. The zero-order chi connectivity index (χ0) is 13.9. The molecular formula is C17H21BrN2. The van der Waals surface area contributed by atoms with E-state index in [1.54, 1.807) is 0 Å². The van der Waals surface area contributed by atoms with Crippen molar-refractivity contribution < 1.29 is 0 Å². The van der Waals surface area contributed by atoms with Crippen LogP contribution in [0.4, 0.5) is 5.69 Å². The smallest absolute Gasteiger partial charge is 0.0421 e. The molecule has 2 nitrogen and oxygen atoms in total. The van der Waals surface area contributed by atoms with Crippen LogP contribution in [0.5, 0.6) is 0 Å². The van der Waals surface area contributed by atoms with Gasteiger partial charge in [0, 0.05) is 28.1 Å². The summed E-state index contributed by atoms with van der Waals surface area (Å²) in [5.74, 6) is 0. The van der Waals surface area contributed by atoms with Crippen molar-refractivity contribution in [3.63, 3.8) is 0 Å². The summed E-state index contributed by atoms with van der Waals surface area (Å²) in [5.41, 5.74) is 1.24. The molecule has 2 aromatic rings. The first-order valence-corrected chi connectivity index (χ1v) is 8.16. The Morgan fingerprint density at radius 3 is 2.75 bits per heavy atom. The second kappa shape index (κ2) is 6.15. The molecule has 1 saturated heterocycles. The predicted molar refractivity (Wildman–Crippen MR) is 90.4 cm³/mol. The molecule has 0 saturated carbocycles. The Morgan fingerprint density at radius 2 is 1.95 bits per heavy atom. The number of nitrogens with one attached hydrogen (secondary N) is 1. The van der Waals surface area contributed by atoms with Crippen LogP contribution in [0.2, 0.25) is 0 Å². The summed E-state index contributed by atoms with van der Waals surface area (Å²) < 4.78 is 1.16. The van der Waals surface area contributed by atoms with Crippen LogP contribution in [0.25, 0.3) is 10.8 Å². The van der Waals surface area contributed by atoms with Crippen molar-refractivity contribution in [3.05, 3.63) is 40.9 Å². The third-order valence-corrected chi connectivity index (χ3v) is 5.01. The van der Waals surface area contributed by atoms with E-state index in [9.17, 15) is 0 Å². The molecule has 1 atom stereocenters. The summed E-state index contributed by atoms with van der Waals surface area (Å²) in [6.07, 6.45) is 4.00. The third kappa shape index (κ3) is 2.84. The zero-order valence-electron chi connectivity index (χ0n) is 11.9. The fourth-order valence-electron chi connectivity index (χ4n) is 3.05. The Labute approximate surface area is 129 Å². The number of fused-ring (bicyclic) bond motifs is 1. The lowest BCUT2D eigenvalue weighted by Crippen LogP contribution is -2.40. The van der Waals surface area contributed by atoms with Crippen molar-refractivity contribution in [1.82, 2.24) is 4.90 Å². The Hall–Kier alpha value is -1.06. The molecule has 1 aliphatic heterocycles. The van der Waals surface area contributed by atoms with Crippen molar-refractivity contribution in [2.24, 2.45) is 0 Å². The highest BCUT2D eigenvalue weighted by atomic mass is 79.9. The molecular weight excluding hydrogens is 312 g/mol. The molecule has 1 N–H and O–H groups in total. The molecule has 0 aromatic heterocycles. The van der Waals surface area contributed by atoms with E-state index in [1.807, 2.05) is 0 Å². The highest BCUT2D eigenvalue weighted by Crippen LogP contribution is 2.30. The molecule has 0 radical (unpaired) electrons. The van der Waals surface area contributed by atoms with Gasteiger partial charge in [-0.1, -0.05) is 46.6 Å². The van der Waals surface area contributed by atoms with Gasteiger partial charge in [-0.2, -0.15) is 0 Å². The maximum Gasteiger partial charge on any atom is 0.0421 e. The fraction of sp³-hybridized carbons (Fsp3) is 0.412. The van der Waals surface area contributed by atoms with Gasteiger partial charge in [0.2, 0.25) is 0 Å². The van der Waals surface area contributed by atoms with Crippen LogP contribution in [-0.4, -0.2) is 31.1 Å². The number of likely N-dealkylation sites (tertiary alicyclic amines) is 1. The Bertz CT molecular complexity index is 597. The summed E-state index contributed by atoms with van der Waals surface area (Å²) in [6, 6.07) is 13.5. The summed E-state index contributed by atoms with van der Waals surface area (Å²) in [5, 5.41) is 6.22. The number of rotatable bonds is 3. The van der Waals surface area contributed by atoms with Crippen LogP contribution >= 0.6 is 15.9 Å². The van der Waals surface area contributed by atoms with Crippen molar-refractivity contribution in [2.75, 3.05) is 25.5 Å². The molecule has 2 aromatic carbocycles.